The molecular weight excluding hydrogens is 312 g/mol. The lowest BCUT2D eigenvalue weighted by Crippen LogP contribution is -2.31. The average Bonchev–Trinajstić information content (AvgIpc) is 2.34. The molecule has 1 aromatic heterocycles. The predicted molar refractivity (Wildman–Crippen MR) is 76.1 cm³/mol. The maximum atomic E-state index is 11.9. The summed E-state index contributed by atoms with van der Waals surface area (Å²) in [7, 11) is 0. The number of aromatic hydroxyl groups is 1. The summed E-state index contributed by atoms with van der Waals surface area (Å²) >= 11 is 3.39. The minimum absolute atomic E-state index is 0.188. The first-order valence-corrected chi connectivity index (χ1v) is 6.59. The van der Waals surface area contributed by atoms with Gasteiger partial charge >= 0.3 is 5.69 Å². The van der Waals surface area contributed by atoms with Crippen molar-refractivity contribution in [3.8, 4) is 11.6 Å². The molecule has 0 radical (unpaired) electrons. The Morgan fingerprint density at radius 3 is 2.68 bits per heavy atom. The smallest absolute Gasteiger partial charge is 0.335 e. The van der Waals surface area contributed by atoms with Crippen molar-refractivity contribution in [3.05, 3.63) is 54.6 Å². The van der Waals surface area contributed by atoms with Crippen LogP contribution in [0.5, 0.6) is 5.88 Å². The lowest BCUT2D eigenvalue weighted by molar-refractivity contribution is 0.423. The van der Waals surface area contributed by atoms with Crippen LogP contribution in [0, 0.1) is 6.92 Å². The first-order valence-electron chi connectivity index (χ1n) is 5.80. The zero-order chi connectivity index (χ0) is 14.2. The number of hydrogen-bond acceptors (Lipinski definition) is 3. The molecule has 0 aliphatic heterocycles. The molecule has 19 heavy (non-hydrogen) atoms. The predicted octanol–water partition coefficient (Wildman–Crippen LogP) is 1.86. The van der Waals surface area contributed by atoms with Crippen molar-refractivity contribution in [2.45, 2.75) is 20.3 Å². The highest BCUT2D eigenvalue weighted by molar-refractivity contribution is 9.10. The number of hydrogen-bond donors (Lipinski definition) is 2. The van der Waals surface area contributed by atoms with Crippen LogP contribution in [0.25, 0.3) is 5.69 Å². The summed E-state index contributed by atoms with van der Waals surface area (Å²) in [5.41, 5.74) is 0.394. The molecule has 0 unspecified atom stereocenters. The second kappa shape index (κ2) is 5.05. The third-order valence-electron chi connectivity index (χ3n) is 2.95. The number of aromatic nitrogens is 2. The van der Waals surface area contributed by atoms with Crippen molar-refractivity contribution < 1.29 is 5.11 Å². The van der Waals surface area contributed by atoms with Gasteiger partial charge in [-0.1, -0.05) is 19.1 Å². The van der Waals surface area contributed by atoms with Crippen molar-refractivity contribution in [2.24, 2.45) is 0 Å². The van der Waals surface area contributed by atoms with Gasteiger partial charge in [-0.3, -0.25) is 9.78 Å². The molecule has 0 saturated carbocycles. The Labute approximate surface area is 117 Å². The number of halogens is 1. The molecule has 0 aliphatic rings. The Hall–Kier alpha value is -1.82. The van der Waals surface area contributed by atoms with Gasteiger partial charge in [-0.25, -0.2) is 9.36 Å². The molecule has 1 heterocycles. The highest BCUT2D eigenvalue weighted by atomic mass is 79.9. The standard InChI is InChI=1S/C13H13BrN2O3/c1-3-8-11(17)15-13(19)16(12(8)18)9-6-4-5-7(2)10(9)14/h4-6,18H,3H2,1-2H3,(H,15,17,19). The molecular formula is C13H13BrN2O3. The highest BCUT2D eigenvalue weighted by Gasteiger charge is 2.16. The van der Waals surface area contributed by atoms with Crippen molar-refractivity contribution in [3.63, 3.8) is 0 Å². The summed E-state index contributed by atoms with van der Waals surface area (Å²) in [5.74, 6) is -0.317. The lowest BCUT2D eigenvalue weighted by Gasteiger charge is -2.13. The van der Waals surface area contributed by atoms with Gasteiger partial charge in [-0.2, -0.15) is 0 Å². The average molecular weight is 325 g/mol. The van der Waals surface area contributed by atoms with Gasteiger partial charge in [0.05, 0.1) is 11.3 Å². The van der Waals surface area contributed by atoms with Gasteiger partial charge < -0.3 is 5.11 Å². The van der Waals surface area contributed by atoms with Crippen molar-refractivity contribution in [2.75, 3.05) is 0 Å². The summed E-state index contributed by atoms with van der Waals surface area (Å²) in [6, 6.07) is 5.34. The molecule has 0 fully saturated rings. The molecule has 0 spiro atoms. The number of rotatable bonds is 2. The van der Waals surface area contributed by atoms with Gasteiger partial charge in [0.25, 0.3) is 5.56 Å². The minimum atomic E-state index is -0.661. The summed E-state index contributed by atoms with van der Waals surface area (Å²) in [5, 5.41) is 10.1. The summed E-state index contributed by atoms with van der Waals surface area (Å²) in [4.78, 5) is 25.7. The molecule has 2 aromatic rings. The molecule has 0 atom stereocenters. The van der Waals surface area contributed by atoms with Crippen LogP contribution in [0.15, 0.2) is 32.3 Å². The van der Waals surface area contributed by atoms with Crippen LogP contribution < -0.4 is 11.2 Å². The number of aromatic amines is 1. The van der Waals surface area contributed by atoms with Crippen molar-refractivity contribution in [1.29, 1.82) is 0 Å². The quantitative estimate of drug-likeness (QED) is 0.885. The number of benzene rings is 1. The Bertz CT molecular complexity index is 747. The van der Waals surface area contributed by atoms with Crippen LogP contribution in [-0.2, 0) is 6.42 Å². The Morgan fingerprint density at radius 2 is 2.05 bits per heavy atom. The van der Waals surface area contributed by atoms with Crippen molar-refractivity contribution >= 4 is 15.9 Å². The topological polar surface area (TPSA) is 75.1 Å². The van der Waals surface area contributed by atoms with Crippen LogP contribution in [0.3, 0.4) is 0 Å². The molecule has 100 valence electrons. The molecule has 6 heteroatoms. The van der Waals surface area contributed by atoms with E-state index in [1.54, 1.807) is 19.1 Å². The molecule has 2 N–H and O–H groups in total. The van der Waals surface area contributed by atoms with Crippen LogP contribution in [0.2, 0.25) is 0 Å². The number of nitrogens with one attached hydrogen (secondary N) is 1. The van der Waals surface area contributed by atoms with Crippen molar-refractivity contribution in [1.82, 2.24) is 9.55 Å². The van der Waals surface area contributed by atoms with E-state index in [4.69, 9.17) is 0 Å². The van der Waals surface area contributed by atoms with E-state index < -0.39 is 11.2 Å². The van der Waals surface area contributed by atoms with E-state index in [0.717, 1.165) is 10.1 Å². The SMILES string of the molecule is CCc1c(O)n(-c2cccc(C)c2Br)c(=O)[nH]c1=O. The van der Waals surface area contributed by atoms with Gasteiger partial charge in [0.1, 0.15) is 0 Å². The van der Waals surface area contributed by atoms with E-state index >= 15 is 0 Å². The third kappa shape index (κ3) is 2.23. The monoisotopic (exact) mass is 324 g/mol. The van der Waals surface area contributed by atoms with E-state index in [-0.39, 0.29) is 11.4 Å². The number of H-pyrrole nitrogens is 1. The fraction of sp³-hybridized carbons (Fsp3) is 0.231. The Morgan fingerprint density at radius 1 is 1.37 bits per heavy atom. The third-order valence-corrected chi connectivity index (χ3v) is 3.98. The fourth-order valence-electron chi connectivity index (χ4n) is 1.91. The Balaban J connectivity index is 2.87. The van der Waals surface area contributed by atoms with E-state index in [0.29, 0.717) is 16.6 Å². The molecule has 2 rings (SSSR count). The zero-order valence-electron chi connectivity index (χ0n) is 10.5. The molecule has 0 bridgehead atoms. The van der Waals surface area contributed by atoms with Gasteiger partial charge in [0.2, 0.25) is 5.88 Å². The van der Waals surface area contributed by atoms with Gasteiger partial charge in [-0.15, -0.1) is 0 Å². The fourth-order valence-corrected chi connectivity index (χ4v) is 2.35. The molecule has 0 amide bonds. The van der Waals surface area contributed by atoms with Crippen LogP contribution in [0.4, 0.5) is 0 Å². The van der Waals surface area contributed by atoms with E-state index in [9.17, 15) is 14.7 Å². The van der Waals surface area contributed by atoms with Gasteiger partial charge in [0.15, 0.2) is 0 Å². The van der Waals surface area contributed by atoms with Crippen LogP contribution in [0.1, 0.15) is 18.1 Å². The lowest BCUT2D eigenvalue weighted by atomic mass is 10.2. The maximum Gasteiger partial charge on any atom is 0.335 e. The van der Waals surface area contributed by atoms with E-state index in [1.165, 1.54) is 0 Å². The van der Waals surface area contributed by atoms with E-state index in [2.05, 4.69) is 20.9 Å². The largest absolute Gasteiger partial charge is 0.494 e. The highest BCUT2D eigenvalue weighted by Crippen LogP contribution is 2.26. The van der Waals surface area contributed by atoms with Crippen LogP contribution >= 0.6 is 15.9 Å². The molecule has 0 saturated heterocycles. The van der Waals surface area contributed by atoms with Gasteiger partial charge in [0, 0.05) is 4.47 Å². The first-order chi connectivity index (χ1) is 8.97. The molecule has 5 nitrogen and oxygen atoms in total. The Kier molecular flexibility index (Phi) is 3.61. The zero-order valence-corrected chi connectivity index (χ0v) is 12.1. The van der Waals surface area contributed by atoms with E-state index in [1.807, 2.05) is 13.0 Å². The minimum Gasteiger partial charge on any atom is -0.494 e. The second-order valence-electron chi connectivity index (χ2n) is 4.16. The number of aryl methyl sites for hydroxylation is 1. The normalized spacial score (nSPS) is 10.7. The molecule has 1 aromatic carbocycles. The second-order valence-corrected chi connectivity index (χ2v) is 4.95. The maximum absolute atomic E-state index is 11.9. The first kappa shape index (κ1) is 13.6. The van der Waals surface area contributed by atoms with Gasteiger partial charge in [-0.05, 0) is 40.9 Å². The van der Waals surface area contributed by atoms with Crippen LogP contribution in [-0.4, -0.2) is 14.7 Å². The summed E-state index contributed by atoms with van der Waals surface area (Å²) in [6.07, 6.45) is 0.338. The summed E-state index contributed by atoms with van der Waals surface area (Å²) in [6.45, 7) is 3.62. The molecule has 0 aliphatic carbocycles. The number of nitrogens with zero attached hydrogens (tertiary/aromatic N) is 1. The summed E-state index contributed by atoms with van der Waals surface area (Å²) < 4.78 is 1.79.